The van der Waals surface area contributed by atoms with Gasteiger partial charge in [-0.2, -0.15) is 0 Å². The van der Waals surface area contributed by atoms with Crippen LogP contribution >= 0.6 is 0 Å². The van der Waals surface area contributed by atoms with Gasteiger partial charge in [0.15, 0.2) is 0 Å². The monoisotopic (exact) mass is 245 g/mol. The van der Waals surface area contributed by atoms with Crippen LogP contribution in [-0.2, 0) is 13.0 Å². The summed E-state index contributed by atoms with van der Waals surface area (Å²) in [7, 11) is 0. The number of hydrogen-bond donors (Lipinski definition) is 1. The second-order valence-corrected chi connectivity index (χ2v) is 4.09. The fraction of sp³-hybridized carbons (Fsp3) is 0.231. The molecule has 92 valence electrons. The van der Waals surface area contributed by atoms with Crippen molar-refractivity contribution in [2.75, 3.05) is 6.54 Å². The van der Waals surface area contributed by atoms with Gasteiger partial charge in [0, 0.05) is 25.6 Å². The zero-order valence-electron chi connectivity index (χ0n) is 9.69. The second-order valence-electron chi connectivity index (χ2n) is 4.09. The molecule has 0 radical (unpaired) electrons. The Kier molecular flexibility index (Phi) is 2.90. The third-order valence-electron chi connectivity index (χ3n) is 2.85. The van der Waals surface area contributed by atoms with Crippen LogP contribution < -0.4 is 10.1 Å². The molecular weight excluding hydrogens is 233 g/mol. The van der Waals surface area contributed by atoms with Crippen molar-refractivity contribution >= 4 is 0 Å². The summed E-state index contributed by atoms with van der Waals surface area (Å²) < 4.78 is 18.7. The lowest BCUT2D eigenvalue weighted by molar-refractivity contribution is 0.440. The first-order valence-corrected chi connectivity index (χ1v) is 5.80. The summed E-state index contributed by atoms with van der Waals surface area (Å²) >= 11 is 0. The van der Waals surface area contributed by atoms with E-state index >= 15 is 0 Å². The Morgan fingerprint density at radius 1 is 1.28 bits per heavy atom. The van der Waals surface area contributed by atoms with Crippen molar-refractivity contribution in [3.05, 3.63) is 47.7 Å². The summed E-state index contributed by atoms with van der Waals surface area (Å²) in [5.41, 5.74) is 1.95. The molecule has 1 aromatic heterocycles. The largest absolute Gasteiger partial charge is 0.438 e. The van der Waals surface area contributed by atoms with Gasteiger partial charge in [-0.15, -0.1) is 0 Å². The van der Waals surface area contributed by atoms with E-state index in [0.717, 1.165) is 24.2 Å². The highest BCUT2D eigenvalue weighted by Gasteiger charge is 2.16. The van der Waals surface area contributed by atoms with Gasteiger partial charge in [-0.05, 0) is 12.1 Å². The Morgan fingerprint density at radius 2 is 2.22 bits per heavy atom. The number of aromatic nitrogens is 2. The van der Waals surface area contributed by atoms with Crippen molar-refractivity contribution < 1.29 is 9.13 Å². The number of benzene rings is 1. The molecule has 0 unspecified atom stereocenters. The minimum absolute atomic E-state index is 0.325. The lowest BCUT2D eigenvalue weighted by Crippen LogP contribution is -2.25. The Bertz CT molecular complexity index is 574. The van der Waals surface area contributed by atoms with E-state index in [2.05, 4.69) is 15.3 Å². The number of hydrogen-bond acceptors (Lipinski definition) is 4. The van der Waals surface area contributed by atoms with Gasteiger partial charge in [0.2, 0.25) is 5.88 Å². The quantitative estimate of drug-likeness (QED) is 0.879. The molecule has 0 bridgehead atoms. The molecule has 0 atom stereocenters. The zero-order chi connectivity index (χ0) is 12.4. The summed E-state index contributed by atoms with van der Waals surface area (Å²) in [5, 5.41) is 3.24. The standard InChI is InChI=1S/C13H12FN3O/c14-9-2-1-3-10(6-9)18-13-11-7-15-5-4-12(11)16-8-17-13/h1-3,6,8,15H,4-5,7H2. The Morgan fingerprint density at radius 3 is 3.11 bits per heavy atom. The van der Waals surface area contributed by atoms with Crippen molar-refractivity contribution in [3.8, 4) is 11.6 Å². The van der Waals surface area contributed by atoms with Crippen LogP contribution in [0.1, 0.15) is 11.3 Å². The van der Waals surface area contributed by atoms with Gasteiger partial charge in [0.05, 0.1) is 11.3 Å². The van der Waals surface area contributed by atoms with E-state index in [1.165, 1.54) is 18.5 Å². The average molecular weight is 245 g/mol. The van der Waals surface area contributed by atoms with E-state index in [-0.39, 0.29) is 5.82 Å². The van der Waals surface area contributed by atoms with Crippen molar-refractivity contribution in [3.63, 3.8) is 0 Å². The molecule has 4 nitrogen and oxygen atoms in total. The van der Waals surface area contributed by atoms with Gasteiger partial charge in [-0.25, -0.2) is 14.4 Å². The molecule has 1 aliphatic rings. The van der Waals surface area contributed by atoms with Crippen LogP contribution in [0.5, 0.6) is 11.6 Å². The van der Waals surface area contributed by atoms with Gasteiger partial charge in [0.1, 0.15) is 17.9 Å². The van der Waals surface area contributed by atoms with Gasteiger partial charge in [-0.1, -0.05) is 6.07 Å². The molecule has 0 saturated heterocycles. The van der Waals surface area contributed by atoms with Crippen LogP contribution in [-0.4, -0.2) is 16.5 Å². The molecule has 0 aliphatic carbocycles. The van der Waals surface area contributed by atoms with Gasteiger partial charge in [-0.3, -0.25) is 0 Å². The lowest BCUT2D eigenvalue weighted by Gasteiger charge is -2.18. The summed E-state index contributed by atoms with van der Waals surface area (Å²) in [4.78, 5) is 8.36. The molecule has 2 heterocycles. The van der Waals surface area contributed by atoms with Gasteiger partial charge < -0.3 is 10.1 Å². The molecule has 2 aromatic rings. The highest BCUT2D eigenvalue weighted by atomic mass is 19.1. The highest BCUT2D eigenvalue weighted by molar-refractivity contribution is 5.35. The lowest BCUT2D eigenvalue weighted by atomic mass is 10.1. The molecule has 1 aromatic carbocycles. The number of nitrogens with one attached hydrogen (secondary N) is 1. The summed E-state index contributed by atoms with van der Waals surface area (Å²) in [6, 6.07) is 6.03. The Balaban J connectivity index is 1.93. The van der Waals surface area contributed by atoms with Crippen LogP contribution in [0, 0.1) is 5.82 Å². The van der Waals surface area contributed by atoms with Crippen LogP contribution in [0.25, 0.3) is 0 Å². The normalized spacial score (nSPS) is 14.1. The molecule has 1 aliphatic heterocycles. The number of ether oxygens (including phenoxy) is 1. The molecule has 0 amide bonds. The third kappa shape index (κ3) is 2.17. The average Bonchev–Trinajstić information content (AvgIpc) is 2.39. The van der Waals surface area contributed by atoms with E-state index in [4.69, 9.17) is 4.74 Å². The molecule has 0 fully saturated rings. The number of halogens is 1. The van der Waals surface area contributed by atoms with Crippen LogP contribution in [0.15, 0.2) is 30.6 Å². The molecule has 18 heavy (non-hydrogen) atoms. The smallest absolute Gasteiger partial charge is 0.227 e. The van der Waals surface area contributed by atoms with Crippen molar-refractivity contribution in [2.24, 2.45) is 0 Å². The van der Waals surface area contributed by atoms with E-state index < -0.39 is 0 Å². The zero-order valence-corrected chi connectivity index (χ0v) is 9.69. The number of nitrogens with zero attached hydrogens (tertiary/aromatic N) is 2. The minimum atomic E-state index is -0.325. The maximum absolute atomic E-state index is 13.1. The predicted molar refractivity (Wildman–Crippen MR) is 63.9 cm³/mol. The van der Waals surface area contributed by atoms with Crippen molar-refractivity contribution in [1.82, 2.24) is 15.3 Å². The topological polar surface area (TPSA) is 47.0 Å². The molecule has 0 saturated carbocycles. The maximum Gasteiger partial charge on any atom is 0.227 e. The fourth-order valence-electron chi connectivity index (χ4n) is 1.97. The number of fused-ring (bicyclic) bond motifs is 1. The first-order valence-electron chi connectivity index (χ1n) is 5.80. The first kappa shape index (κ1) is 11.1. The fourth-order valence-corrected chi connectivity index (χ4v) is 1.97. The van der Waals surface area contributed by atoms with Crippen LogP contribution in [0.2, 0.25) is 0 Å². The molecule has 1 N–H and O–H groups in total. The van der Waals surface area contributed by atoms with Crippen LogP contribution in [0.3, 0.4) is 0 Å². The molecule has 3 rings (SSSR count). The number of rotatable bonds is 2. The minimum Gasteiger partial charge on any atom is -0.438 e. The SMILES string of the molecule is Fc1cccc(Oc2ncnc3c2CNCC3)c1. The summed E-state index contributed by atoms with van der Waals surface area (Å²) in [5.74, 6) is 0.618. The molecule has 5 heteroatoms. The Hall–Kier alpha value is -2.01. The molecular formula is C13H12FN3O. The molecule has 0 spiro atoms. The Labute approximate surface area is 104 Å². The van der Waals surface area contributed by atoms with Crippen molar-refractivity contribution in [1.29, 1.82) is 0 Å². The third-order valence-corrected chi connectivity index (χ3v) is 2.85. The summed E-state index contributed by atoms with van der Waals surface area (Å²) in [6.45, 7) is 1.59. The van der Waals surface area contributed by atoms with Gasteiger partial charge in [0.25, 0.3) is 0 Å². The van der Waals surface area contributed by atoms with Crippen LogP contribution in [0.4, 0.5) is 4.39 Å². The maximum atomic E-state index is 13.1. The second kappa shape index (κ2) is 4.70. The van der Waals surface area contributed by atoms with E-state index in [1.54, 1.807) is 12.1 Å². The van der Waals surface area contributed by atoms with Gasteiger partial charge >= 0.3 is 0 Å². The highest BCUT2D eigenvalue weighted by Crippen LogP contribution is 2.26. The van der Waals surface area contributed by atoms with E-state index in [9.17, 15) is 4.39 Å². The summed E-state index contributed by atoms with van der Waals surface area (Å²) in [6.07, 6.45) is 2.34. The van der Waals surface area contributed by atoms with Crippen molar-refractivity contribution in [2.45, 2.75) is 13.0 Å². The predicted octanol–water partition coefficient (Wildman–Crippen LogP) is 2.05. The first-order chi connectivity index (χ1) is 8.83. The van der Waals surface area contributed by atoms with E-state index in [0.29, 0.717) is 18.2 Å². The van der Waals surface area contributed by atoms with E-state index in [1.807, 2.05) is 0 Å².